The van der Waals surface area contributed by atoms with Crippen molar-refractivity contribution in [1.82, 2.24) is 14.5 Å². The van der Waals surface area contributed by atoms with Gasteiger partial charge in [0.1, 0.15) is 23.2 Å². The minimum Gasteiger partial charge on any atom is -0.484 e. The number of halogens is 1. The number of methoxy groups -OCH3 is 1. The average Bonchev–Trinajstić information content (AvgIpc) is 3.56. The van der Waals surface area contributed by atoms with Gasteiger partial charge in [0.15, 0.2) is 4.88 Å². The zero-order valence-corrected chi connectivity index (χ0v) is 26.0. The van der Waals surface area contributed by atoms with Crippen LogP contribution in [0.25, 0.3) is 16.0 Å². The molecule has 3 atom stereocenters. The number of aromatic nitrogens is 2. The summed E-state index contributed by atoms with van der Waals surface area (Å²) in [6.45, 7) is 8.76. The summed E-state index contributed by atoms with van der Waals surface area (Å²) in [5.41, 5.74) is 3.61. The predicted octanol–water partition coefficient (Wildman–Crippen LogP) is 8.01. The van der Waals surface area contributed by atoms with Gasteiger partial charge in [0.2, 0.25) is 0 Å². The van der Waals surface area contributed by atoms with Crippen LogP contribution >= 0.6 is 22.9 Å². The van der Waals surface area contributed by atoms with Crippen molar-refractivity contribution < 1.29 is 24.2 Å². The lowest BCUT2D eigenvalue weighted by molar-refractivity contribution is 0.0407. The maximum atomic E-state index is 12.7. The number of nitrogens with zero attached hydrogens (tertiary/aromatic N) is 3. The Morgan fingerprint density at radius 2 is 1.95 bits per heavy atom. The summed E-state index contributed by atoms with van der Waals surface area (Å²) < 4.78 is 13.3. The van der Waals surface area contributed by atoms with Crippen LogP contribution in [0.4, 0.5) is 4.79 Å². The van der Waals surface area contributed by atoms with Gasteiger partial charge in [-0.15, -0.1) is 11.3 Å². The van der Waals surface area contributed by atoms with E-state index in [1.807, 2.05) is 47.9 Å². The molecule has 2 aromatic heterocycles. The van der Waals surface area contributed by atoms with E-state index in [4.69, 9.17) is 21.1 Å². The van der Waals surface area contributed by atoms with Crippen molar-refractivity contribution in [2.45, 2.75) is 59.1 Å². The van der Waals surface area contributed by atoms with Gasteiger partial charge in [-0.1, -0.05) is 56.6 Å². The quantitative estimate of drug-likeness (QED) is 0.213. The van der Waals surface area contributed by atoms with Gasteiger partial charge in [0.25, 0.3) is 0 Å². The summed E-state index contributed by atoms with van der Waals surface area (Å²) in [7, 11) is 1.35. The molecule has 8 nitrogen and oxygen atoms in total. The first kappa shape index (κ1) is 29.9. The molecule has 1 N–H and O–H groups in total. The van der Waals surface area contributed by atoms with E-state index < -0.39 is 12.1 Å². The number of esters is 1. The molecule has 10 heteroatoms. The van der Waals surface area contributed by atoms with Crippen LogP contribution in [0.2, 0.25) is 5.02 Å². The highest BCUT2D eigenvalue weighted by atomic mass is 35.5. The van der Waals surface area contributed by atoms with Gasteiger partial charge in [-0.25, -0.2) is 14.6 Å². The molecule has 1 fully saturated rings. The summed E-state index contributed by atoms with van der Waals surface area (Å²) in [4.78, 5) is 31.2. The second kappa shape index (κ2) is 12.0. The normalized spacial score (nSPS) is 18.2. The molecule has 0 radical (unpaired) electrons. The van der Waals surface area contributed by atoms with Crippen molar-refractivity contribution in [2.24, 2.45) is 11.3 Å². The molecule has 0 aliphatic carbocycles. The molecule has 1 amide bonds. The molecule has 4 aromatic rings. The molecule has 42 heavy (non-hydrogen) atoms. The Kier molecular flexibility index (Phi) is 8.53. The first-order chi connectivity index (χ1) is 20.0. The van der Waals surface area contributed by atoms with Crippen molar-refractivity contribution in [3.05, 3.63) is 75.9 Å². The van der Waals surface area contributed by atoms with Crippen LogP contribution in [0.1, 0.15) is 67.4 Å². The van der Waals surface area contributed by atoms with E-state index in [0.29, 0.717) is 28.1 Å². The molecule has 2 unspecified atom stereocenters. The number of carbonyl (C=O) groups is 2. The van der Waals surface area contributed by atoms with Gasteiger partial charge in [-0.2, -0.15) is 0 Å². The van der Waals surface area contributed by atoms with Gasteiger partial charge in [0.05, 0.1) is 18.1 Å². The topological polar surface area (TPSA) is 93.9 Å². The Morgan fingerprint density at radius 1 is 1.19 bits per heavy atom. The van der Waals surface area contributed by atoms with E-state index >= 15 is 0 Å². The first-order valence-corrected chi connectivity index (χ1v) is 15.2. The van der Waals surface area contributed by atoms with Gasteiger partial charge in [0, 0.05) is 29.2 Å². The number of likely N-dealkylation sites (tertiary alicyclic amines) is 1. The molecular formula is C32H36ClN3O5S. The number of ether oxygens (including phenoxy) is 2. The van der Waals surface area contributed by atoms with Gasteiger partial charge >= 0.3 is 12.1 Å². The van der Waals surface area contributed by atoms with Crippen LogP contribution in [0.15, 0.2) is 54.9 Å². The number of carboxylic acid groups (broad SMARTS) is 1. The van der Waals surface area contributed by atoms with Crippen LogP contribution in [-0.2, 0) is 11.2 Å². The van der Waals surface area contributed by atoms with Crippen LogP contribution in [0, 0.1) is 11.3 Å². The fourth-order valence-corrected chi connectivity index (χ4v) is 7.11. The molecule has 3 heterocycles. The highest BCUT2D eigenvalue weighted by Gasteiger charge is 2.38. The molecule has 1 aliphatic heterocycles. The third kappa shape index (κ3) is 6.13. The zero-order valence-electron chi connectivity index (χ0n) is 24.5. The fraction of sp³-hybridized carbons (Fsp3) is 0.406. The number of hydrogen-bond donors (Lipinski definition) is 1. The molecule has 0 spiro atoms. The number of hydrogen-bond acceptors (Lipinski definition) is 6. The van der Waals surface area contributed by atoms with Crippen molar-refractivity contribution in [2.75, 3.05) is 13.7 Å². The van der Waals surface area contributed by atoms with E-state index in [0.717, 1.165) is 40.9 Å². The molecule has 0 saturated carbocycles. The number of piperidine rings is 1. The van der Waals surface area contributed by atoms with Crippen LogP contribution in [0.3, 0.4) is 0 Å². The Bertz CT molecular complexity index is 1610. The SMILES string of the molecule is COC(=O)c1sc(-n2cnc3ccc(CC4CCN(C(=O)O)C(C(C)(C)C)C4)cc32)cc1O[C@H](C)c1ccccc1Cl. The third-order valence-electron chi connectivity index (χ3n) is 8.03. The molecule has 5 rings (SSSR count). The lowest BCUT2D eigenvalue weighted by atomic mass is 9.75. The predicted molar refractivity (Wildman–Crippen MR) is 165 cm³/mol. The lowest BCUT2D eigenvalue weighted by Crippen LogP contribution is -2.51. The zero-order chi connectivity index (χ0) is 30.2. The highest BCUT2D eigenvalue weighted by molar-refractivity contribution is 7.16. The Labute approximate surface area is 254 Å². The van der Waals surface area contributed by atoms with Crippen LogP contribution in [-0.4, -0.2) is 51.3 Å². The number of rotatable bonds is 7. The van der Waals surface area contributed by atoms with E-state index in [2.05, 4.69) is 37.9 Å². The largest absolute Gasteiger partial charge is 0.484 e. The standard InChI is InChI=1S/C32H36ClN3O5S/c1-19(22-8-6-7-9-23(22)33)41-26-17-28(42-29(26)30(37)40-5)36-18-34-24-11-10-20(15-25(24)36)14-21-12-13-35(31(38)39)27(16-21)32(2,3)4/h6-11,15,17-19,21,27H,12-14,16H2,1-5H3,(H,38,39)/t19-,21?,27?/m1/s1. The summed E-state index contributed by atoms with van der Waals surface area (Å²) in [5, 5.41) is 11.1. The first-order valence-electron chi connectivity index (χ1n) is 14.1. The van der Waals surface area contributed by atoms with Crippen LogP contribution in [0.5, 0.6) is 5.75 Å². The molecular weight excluding hydrogens is 574 g/mol. The minimum absolute atomic E-state index is 0.0301. The number of benzene rings is 2. The number of amides is 1. The van der Waals surface area contributed by atoms with E-state index in [1.165, 1.54) is 24.0 Å². The van der Waals surface area contributed by atoms with E-state index in [-0.39, 0.29) is 17.6 Å². The molecule has 2 aromatic carbocycles. The van der Waals surface area contributed by atoms with Crippen molar-refractivity contribution in [3.63, 3.8) is 0 Å². The maximum Gasteiger partial charge on any atom is 0.407 e. The minimum atomic E-state index is -0.842. The number of imidazole rings is 1. The Balaban J connectivity index is 1.42. The number of carbonyl (C=O) groups excluding carboxylic acids is 1. The van der Waals surface area contributed by atoms with Gasteiger partial charge in [-0.05, 0) is 61.3 Å². The second-order valence-electron chi connectivity index (χ2n) is 11.9. The van der Waals surface area contributed by atoms with Crippen molar-refractivity contribution in [1.29, 1.82) is 0 Å². The summed E-state index contributed by atoms with van der Waals surface area (Å²) >= 11 is 7.68. The Hall–Kier alpha value is -3.56. The maximum absolute atomic E-state index is 12.7. The number of thiophene rings is 1. The molecule has 222 valence electrons. The molecule has 0 bridgehead atoms. The lowest BCUT2D eigenvalue weighted by Gasteiger charge is -2.44. The third-order valence-corrected chi connectivity index (χ3v) is 9.47. The fourth-order valence-electron chi connectivity index (χ4n) is 5.82. The average molecular weight is 610 g/mol. The number of fused-ring (bicyclic) bond motifs is 1. The van der Waals surface area contributed by atoms with E-state index in [9.17, 15) is 14.7 Å². The van der Waals surface area contributed by atoms with Gasteiger partial charge in [-0.3, -0.25) is 4.57 Å². The van der Waals surface area contributed by atoms with Crippen molar-refractivity contribution in [3.8, 4) is 10.8 Å². The molecule has 1 saturated heterocycles. The van der Waals surface area contributed by atoms with Crippen LogP contribution < -0.4 is 4.74 Å². The molecule has 1 aliphatic rings. The van der Waals surface area contributed by atoms with Gasteiger partial charge < -0.3 is 19.5 Å². The highest BCUT2D eigenvalue weighted by Crippen LogP contribution is 2.39. The van der Waals surface area contributed by atoms with Crippen molar-refractivity contribution >= 4 is 46.0 Å². The Morgan fingerprint density at radius 3 is 2.64 bits per heavy atom. The summed E-state index contributed by atoms with van der Waals surface area (Å²) in [6, 6.07) is 15.5. The smallest absolute Gasteiger partial charge is 0.407 e. The second-order valence-corrected chi connectivity index (χ2v) is 13.4. The summed E-state index contributed by atoms with van der Waals surface area (Å²) in [5.74, 6) is 0.321. The monoisotopic (exact) mass is 609 g/mol. The summed E-state index contributed by atoms with van der Waals surface area (Å²) in [6.07, 6.45) is 3.02. The van der Waals surface area contributed by atoms with E-state index in [1.54, 1.807) is 11.2 Å².